The van der Waals surface area contributed by atoms with E-state index in [9.17, 15) is 0 Å². The number of oxazole rings is 1. The quantitative estimate of drug-likeness (QED) is 0.770. The van der Waals surface area contributed by atoms with E-state index < -0.39 is 0 Å². The Kier molecular flexibility index (Phi) is 3.99. The van der Waals surface area contributed by atoms with E-state index >= 15 is 0 Å². The smallest absolute Gasteiger partial charge is 0.195 e. The van der Waals surface area contributed by atoms with E-state index in [1.807, 2.05) is 6.20 Å². The zero-order valence-electron chi connectivity index (χ0n) is 10.3. The highest BCUT2D eigenvalue weighted by Crippen LogP contribution is 2.18. The molecule has 0 saturated heterocycles. The molecule has 0 bridgehead atoms. The Labute approximate surface area is 97.6 Å². The molecule has 1 aliphatic carbocycles. The van der Waals surface area contributed by atoms with Crippen LogP contribution in [-0.4, -0.2) is 17.6 Å². The van der Waals surface area contributed by atoms with E-state index in [1.165, 1.54) is 19.3 Å². The van der Waals surface area contributed by atoms with Gasteiger partial charge in [0.2, 0.25) is 0 Å². The van der Waals surface area contributed by atoms with Gasteiger partial charge in [-0.05, 0) is 18.8 Å². The van der Waals surface area contributed by atoms with Crippen molar-refractivity contribution < 1.29 is 4.42 Å². The van der Waals surface area contributed by atoms with Gasteiger partial charge >= 0.3 is 0 Å². The van der Waals surface area contributed by atoms with Crippen LogP contribution in [0.5, 0.6) is 0 Å². The van der Waals surface area contributed by atoms with Crippen LogP contribution in [0.3, 0.4) is 0 Å². The first-order valence-corrected chi connectivity index (χ1v) is 6.45. The number of aromatic nitrogens is 1. The third-order valence-corrected chi connectivity index (χ3v) is 3.20. The monoisotopic (exact) mass is 222 g/mol. The van der Waals surface area contributed by atoms with E-state index in [4.69, 9.17) is 4.42 Å². The second-order valence-corrected chi connectivity index (χ2v) is 4.92. The van der Waals surface area contributed by atoms with Gasteiger partial charge in [0, 0.05) is 25.4 Å². The fraction of sp³-hybridized carbons (Fsp3) is 0.769. The maximum absolute atomic E-state index is 5.71. The predicted molar refractivity (Wildman–Crippen MR) is 64.4 cm³/mol. The maximum atomic E-state index is 5.71. The Morgan fingerprint density at radius 2 is 2.38 bits per heavy atom. The number of hydrogen-bond acceptors (Lipinski definition) is 3. The van der Waals surface area contributed by atoms with Crippen LogP contribution in [0.1, 0.15) is 44.8 Å². The molecule has 3 heteroatoms. The Bertz CT molecular complexity index is 317. The summed E-state index contributed by atoms with van der Waals surface area (Å²) in [5, 5.41) is 3.47. The number of rotatable bonds is 7. The third kappa shape index (κ3) is 3.63. The summed E-state index contributed by atoms with van der Waals surface area (Å²) >= 11 is 0. The molecule has 0 aromatic carbocycles. The molecule has 1 atom stereocenters. The average molecular weight is 222 g/mol. The molecule has 0 amide bonds. The Hall–Kier alpha value is -0.830. The molecule has 0 aliphatic heterocycles. The van der Waals surface area contributed by atoms with E-state index in [0.29, 0.717) is 5.92 Å². The van der Waals surface area contributed by atoms with Crippen molar-refractivity contribution in [2.24, 2.45) is 5.92 Å². The number of nitrogens with one attached hydrogen (secondary N) is 1. The summed E-state index contributed by atoms with van der Waals surface area (Å²) < 4.78 is 5.71. The lowest BCUT2D eigenvalue weighted by atomic mass is 10.0. The van der Waals surface area contributed by atoms with Crippen LogP contribution in [0, 0.1) is 5.92 Å². The van der Waals surface area contributed by atoms with Crippen LogP contribution in [0.25, 0.3) is 0 Å². The molecule has 90 valence electrons. The van der Waals surface area contributed by atoms with Crippen LogP contribution in [0.4, 0.5) is 0 Å². The fourth-order valence-corrected chi connectivity index (χ4v) is 1.72. The summed E-state index contributed by atoms with van der Waals surface area (Å²) in [6.45, 7) is 5.45. The standard InChI is InChI=1S/C13H22N2O/c1-3-10(2)8-12-9-15-13(16-12)6-7-14-11-4-5-11/h9-11,14H,3-8H2,1-2H3. The minimum absolute atomic E-state index is 0.686. The lowest BCUT2D eigenvalue weighted by Gasteiger charge is -2.03. The molecule has 1 heterocycles. The van der Waals surface area contributed by atoms with E-state index in [1.54, 1.807) is 0 Å². The van der Waals surface area contributed by atoms with Crippen molar-refractivity contribution in [1.82, 2.24) is 10.3 Å². The third-order valence-electron chi connectivity index (χ3n) is 3.20. The lowest BCUT2D eigenvalue weighted by Crippen LogP contribution is -2.19. The summed E-state index contributed by atoms with van der Waals surface area (Å²) in [7, 11) is 0. The molecular weight excluding hydrogens is 200 g/mol. The molecule has 0 radical (unpaired) electrons. The van der Waals surface area contributed by atoms with Crippen molar-refractivity contribution >= 4 is 0 Å². The fourth-order valence-electron chi connectivity index (χ4n) is 1.72. The highest BCUT2D eigenvalue weighted by Gasteiger charge is 2.19. The minimum atomic E-state index is 0.686. The number of nitrogens with zero attached hydrogens (tertiary/aromatic N) is 1. The van der Waals surface area contributed by atoms with Crippen molar-refractivity contribution in [1.29, 1.82) is 0 Å². The van der Waals surface area contributed by atoms with Gasteiger partial charge in [0.25, 0.3) is 0 Å². The summed E-state index contributed by atoms with van der Waals surface area (Å²) in [5.74, 6) is 2.60. The van der Waals surface area contributed by atoms with Crippen LogP contribution in [0.2, 0.25) is 0 Å². The van der Waals surface area contributed by atoms with E-state index in [0.717, 1.165) is 37.1 Å². The van der Waals surface area contributed by atoms with Gasteiger partial charge in [-0.25, -0.2) is 4.98 Å². The van der Waals surface area contributed by atoms with Gasteiger partial charge in [0.1, 0.15) is 5.76 Å². The average Bonchev–Trinajstić information content (AvgIpc) is 2.99. The summed E-state index contributed by atoms with van der Waals surface area (Å²) in [6.07, 6.45) is 7.68. The Morgan fingerprint density at radius 1 is 1.56 bits per heavy atom. The molecule has 1 unspecified atom stereocenters. The lowest BCUT2D eigenvalue weighted by molar-refractivity contribution is 0.415. The minimum Gasteiger partial charge on any atom is -0.446 e. The van der Waals surface area contributed by atoms with Crippen molar-refractivity contribution in [2.45, 2.75) is 52.0 Å². The summed E-state index contributed by atoms with van der Waals surface area (Å²) in [6, 6.07) is 0.773. The second-order valence-electron chi connectivity index (χ2n) is 4.92. The molecule has 1 aromatic heterocycles. The van der Waals surface area contributed by atoms with E-state index in [2.05, 4.69) is 24.1 Å². The second kappa shape index (κ2) is 5.48. The van der Waals surface area contributed by atoms with Crippen molar-refractivity contribution in [2.75, 3.05) is 6.54 Å². The Balaban J connectivity index is 1.72. The maximum Gasteiger partial charge on any atom is 0.195 e. The van der Waals surface area contributed by atoms with Gasteiger partial charge < -0.3 is 9.73 Å². The molecule has 1 N–H and O–H groups in total. The van der Waals surface area contributed by atoms with Crippen molar-refractivity contribution in [3.63, 3.8) is 0 Å². The molecule has 0 spiro atoms. The molecular formula is C13H22N2O. The molecule has 16 heavy (non-hydrogen) atoms. The van der Waals surface area contributed by atoms with Gasteiger partial charge in [-0.1, -0.05) is 20.3 Å². The van der Waals surface area contributed by atoms with Crippen molar-refractivity contribution in [3.8, 4) is 0 Å². The zero-order valence-corrected chi connectivity index (χ0v) is 10.3. The van der Waals surface area contributed by atoms with Crippen LogP contribution in [0.15, 0.2) is 10.6 Å². The molecule has 3 nitrogen and oxygen atoms in total. The highest BCUT2D eigenvalue weighted by molar-refractivity contribution is 4.96. The molecule has 1 aliphatic rings. The first-order valence-electron chi connectivity index (χ1n) is 6.45. The first-order chi connectivity index (χ1) is 7.78. The van der Waals surface area contributed by atoms with E-state index in [-0.39, 0.29) is 0 Å². The van der Waals surface area contributed by atoms with Gasteiger partial charge in [0.05, 0.1) is 6.20 Å². The summed E-state index contributed by atoms with van der Waals surface area (Å²) in [5.41, 5.74) is 0. The Morgan fingerprint density at radius 3 is 3.06 bits per heavy atom. The highest BCUT2D eigenvalue weighted by atomic mass is 16.4. The van der Waals surface area contributed by atoms with Gasteiger partial charge in [0.15, 0.2) is 5.89 Å². The van der Waals surface area contributed by atoms with Crippen molar-refractivity contribution in [3.05, 3.63) is 17.8 Å². The SMILES string of the molecule is CCC(C)Cc1cnc(CCNC2CC2)o1. The van der Waals surface area contributed by atoms with Crippen LogP contribution >= 0.6 is 0 Å². The molecule has 1 aromatic rings. The normalized spacial score (nSPS) is 17.6. The topological polar surface area (TPSA) is 38.1 Å². The van der Waals surface area contributed by atoms with Gasteiger partial charge in [-0.15, -0.1) is 0 Å². The van der Waals surface area contributed by atoms with Gasteiger partial charge in [-0.2, -0.15) is 0 Å². The molecule has 2 rings (SSSR count). The van der Waals surface area contributed by atoms with Gasteiger partial charge in [-0.3, -0.25) is 0 Å². The molecule has 1 saturated carbocycles. The van der Waals surface area contributed by atoms with Crippen LogP contribution in [-0.2, 0) is 12.8 Å². The first kappa shape index (κ1) is 11.6. The zero-order chi connectivity index (χ0) is 11.4. The predicted octanol–water partition coefficient (Wildman–Crippen LogP) is 2.56. The number of hydrogen-bond donors (Lipinski definition) is 1. The molecule has 1 fully saturated rings. The summed E-state index contributed by atoms with van der Waals surface area (Å²) in [4.78, 5) is 4.31. The largest absolute Gasteiger partial charge is 0.446 e. The van der Waals surface area contributed by atoms with Crippen LogP contribution < -0.4 is 5.32 Å².